The molecule has 3 saturated carbocycles. The molecule has 150 valence electrons. The molecule has 0 saturated heterocycles. The Labute approximate surface area is 166 Å². The number of rotatable bonds is 6. The van der Waals surface area contributed by atoms with Gasteiger partial charge < -0.3 is 5.32 Å². The molecule has 4 rings (SSSR count). The SMILES string of the molecule is O=C(/C=C/c1ccc(CNC(=O)CC2C3CCCC4CC2CC4C3)cc1)NO. The predicted octanol–water partition coefficient (Wildman–Crippen LogP) is 3.67. The molecule has 2 amide bonds. The highest BCUT2D eigenvalue weighted by atomic mass is 16.5. The fraction of sp³-hybridized carbons (Fsp3) is 0.565. The number of carbonyl (C=O) groups is 2. The fourth-order valence-electron chi connectivity index (χ4n) is 5.95. The van der Waals surface area contributed by atoms with Crippen molar-refractivity contribution in [2.24, 2.45) is 29.6 Å². The van der Waals surface area contributed by atoms with E-state index in [9.17, 15) is 9.59 Å². The molecule has 1 aromatic rings. The van der Waals surface area contributed by atoms with Crippen molar-refractivity contribution in [3.05, 3.63) is 41.5 Å². The first-order chi connectivity index (χ1) is 13.6. The van der Waals surface area contributed by atoms with E-state index >= 15 is 0 Å². The van der Waals surface area contributed by atoms with Gasteiger partial charge in [0, 0.05) is 19.0 Å². The van der Waals surface area contributed by atoms with Crippen LogP contribution in [0, 0.1) is 29.6 Å². The minimum atomic E-state index is -0.558. The summed E-state index contributed by atoms with van der Waals surface area (Å²) in [7, 11) is 0. The van der Waals surface area contributed by atoms with Gasteiger partial charge in [-0.1, -0.05) is 43.5 Å². The van der Waals surface area contributed by atoms with Crippen molar-refractivity contribution in [2.45, 2.75) is 51.5 Å². The van der Waals surface area contributed by atoms with Gasteiger partial charge in [-0.15, -0.1) is 0 Å². The zero-order chi connectivity index (χ0) is 19.5. The first-order valence-corrected chi connectivity index (χ1v) is 10.6. The summed E-state index contributed by atoms with van der Waals surface area (Å²) in [5, 5.41) is 11.6. The number of amides is 2. The zero-order valence-corrected chi connectivity index (χ0v) is 16.3. The smallest absolute Gasteiger partial charge is 0.267 e. The second kappa shape index (κ2) is 8.48. The molecular weight excluding hydrogens is 352 g/mol. The van der Waals surface area contributed by atoms with Crippen LogP contribution in [0.4, 0.5) is 0 Å². The lowest BCUT2D eigenvalue weighted by molar-refractivity contribution is -0.124. The first-order valence-electron chi connectivity index (χ1n) is 10.6. The topological polar surface area (TPSA) is 78.4 Å². The van der Waals surface area contributed by atoms with Crippen molar-refractivity contribution in [1.82, 2.24) is 10.8 Å². The summed E-state index contributed by atoms with van der Waals surface area (Å²) < 4.78 is 0. The lowest BCUT2D eigenvalue weighted by atomic mass is 9.69. The van der Waals surface area contributed by atoms with Crippen LogP contribution < -0.4 is 10.8 Å². The van der Waals surface area contributed by atoms with Gasteiger partial charge in [0.25, 0.3) is 5.91 Å². The van der Waals surface area contributed by atoms with E-state index in [1.807, 2.05) is 24.3 Å². The number of nitrogens with one attached hydrogen (secondary N) is 2. The Bertz CT molecular complexity index is 743. The second-order valence-corrected chi connectivity index (χ2v) is 8.87. The van der Waals surface area contributed by atoms with E-state index in [0.717, 1.165) is 34.8 Å². The Kier molecular flexibility index (Phi) is 5.81. The summed E-state index contributed by atoms with van der Waals surface area (Å²) in [6, 6.07) is 7.69. The minimum absolute atomic E-state index is 0.182. The number of hydroxylamine groups is 1. The Morgan fingerprint density at radius 1 is 1.00 bits per heavy atom. The molecule has 0 aromatic heterocycles. The van der Waals surface area contributed by atoms with E-state index in [0.29, 0.717) is 18.9 Å². The van der Waals surface area contributed by atoms with Crippen molar-refractivity contribution in [3.63, 3.8) is 0 Å². The molecule has 5 heteroatoms. The van der Waals surface area contributed by atoms with Gasteiger partial charge in [0.15, 0.2) is 0 Å². The highest BCUT2D eigenvalue weighted by molar-refractivity contribution is 5.90. The largest absolute Gasteiger partial charge is 0.352 e. The van der Waals surface area contributed by atoms with E-state index in [4.69, 9.17) is 5.21 Å². The van der Waals surface area contributed by atoms with Gasteiger partial charge in [-0.3, -0.25) is 14.8 Å². The van der Waals surface area contributed by atoms with E-state index < -0.39 is 5.91 Å². The first kappa shape index (κ1) is 19.2. The number of fused-ring (bicyclic) bond motifs is 2. The van der Waals surface area contributed by atoms with Crippen LogP contribution in [0.2, 0.25) is 0 Å². The summed E-state index contributed by atoms with van der Waals surface area (Å²) in [6.07, 6.45) is 11.8. The number of hydrogen-bond donors (Lipinski definition) is 3. The van der Waals surface area contributed by atoms with Gasteiger partial charge in [-0.25, -0.2) is 5.48 Å². The van der Waals surface area contributed by atoms with Crippen molar-refractivity contribution in [2.75, 3.05) is 0 Å². The monoisotopic (exact) mass is 382 g/mol. The van der Waals surface area contributed by atoms with Crippen molar-refractivity contribution in [1.29, 1.82) is 0 Å². The highest BCUT2D eigenvalue weighted by Gasteiger charge is 2.48. The molecule has 3 bridgehead atoms. The Balaban J connectivity index is 1.28. The summed E-state index contributed by atoms with van der Waals surface area (Å²) >= 11 is 0. The normalized spacial score (nSPS) is 31.0. The molecular formula is C23H30N2O3. The molecule has 5 unspecified atom stereocenters. The lowest BCUT2D eigenvalue weighted by Gasteiger charge is -2.36. The van der Waals surface area contributed by atoms with Crippen LogP contribution in [0.1, 0.15) is 56.1 Å². The second-order valence-electron chi connectivity index (χ2n) is 8.87. The van der Waals surface area contributed by atoms with E-state index in [1.165, 1.54) is 44.6 Å². The molecule has 5 atom stereocenters. The highest BCUT2D eigenvalue weighted by Crippen LogP contribution is 2.56. The van der Waals surface area contributed by atoms with Crippen LogP contribution in [0.15, 0.2) is 30.3 Å². The molecule has 0 aliphatic heterocycles. The molecule has 1 aromatic carbocycles. The average molecular weight is 383 g/mol. The van der Waals surface area contributed by atoms with E-state index in [1.54, 1.807) is 11.6 Å². The molecule has 28 heavy (non-hydrogen) atoms. The van der Waals surface area contributed by atoms with Crippen LogP contribution in [0.25, 0.3) is 6.08 Å². The number of carbonyl (C=O) groups excluding carboxylic acids is 2. The Morgan fingerprint density at radius 2 is 1.71 bits per heavy atom. The van der Waals surface area contributed by atoms with Crippen LogP contribution in [0.5, 0.6) is 0 Å². The summed E-state index contributed by atoms with van der Waals surface area (Å²) in [5.41, 5.74) is 3.47. The Morgan fingerprint density at radius 3 is 2.50 bits per heavy atom. The number of benzene rings is 1. The van der Waals surface area contributed by atoms with Crippen molar-refractivity contribution in [3.8, 4) is 0 Å². The van der Waals surface area contributed by atoms with Gasteiger partial charge in [0.2, 0.25) is 5.91 Å². The third-order valence-corrected chi connectivity index (χ3v) is 7.27. The van der Waals surface area contributed by atoms with Crippen LogP contribution in [-0.4, -0.2) is 17.0 Å². The maximum Gasteiger partial charge on any atom is 0.267 e. The Hall–Kier alpha value is -2.14. The fourth-order valence-corrected chi connectivity index (χ4v) is 5.95. The summed E-state index contributed by atoms with van der Waals surface area (Å²) in [6.45, 7) is 0.535. The van der Waals surface area contributed by atoms with Crippen LogP contribution >= 0.6 is 0 Å². The molecule has 3 aliphatic rings. The van der Waals surface area contributed by atoms with E-state index in [2.05, 4.69) is 5.32 Å². The average Bonchev–Trinajstić information content (AvgIpc) is 2.95. The number of hydrogen-bond acceptors (Lipinski definition) is 3. The van der Waals surface area contributed by atoms with Gasteiger partial charge in [0.1, 0.15) is 0 Å². The third kappa shape index (κ3) is 4.30. The minimum Gasteiger partial charge on any atom is -0.352 e. The maximum absolute atomic E-state index is 12.6. The maximum atomic E-state index is 12.6. The third-order valence-electron chi connectivity index (χ3n) is 7.27. The summed E-state index contributed by atoms with van der Waals surface area (Å²) in [4.78, 5) is 23.6. The predicted molar refractivity (Wildman–Crippen MR) is 107 cm³/mol. The molecule has 3 aliphatic carbocycles. The molecule has 0 heterocycles. The van der Waals surface area contributed by atoms with Crippen molar-refractivity contribution < 1.29 is 14.8 Å². The molecule has 3 fully saturated rings. The van der Waals surface area contributed by atoms with E-state index in [-0.39, 0.29) is 5.91 Å². The van der Waals surface area contributed by atoms with Gasteiger partial charge in [-0.05, 0) is 66.1 Å². The van der Waals surface area contributed by atoms with Crippen molar-refractivity contribution >= 4 is 17.9 Å². The molecule has 5 nitrogen and oxygen atoms in total. The summed E-state index contributed by atoms with van der Waals surface area (Å²) in [5.74, 6) is 3.66. The van der Waals surface area contributed by atoms with Gasteiger partial charge in [-0.2, -0.15) is 0 Å². The van der Waals surface area contributed by atoms with Crippen LogP contribution in [0.3, 0.4) is 0 Å². The van der Waals surface area contributed by atoms with Gasteiger partial charge >= 0.3 is 0 Å². The quantitative estimate of drug-likeness (QED) is 0.399. The molecule has 0 spiro atoms. The molecule has 0 radical (unpaired) electrons. The van der Waals surface area contributed by atoms with Crippen LogP contribution in [-0.2, 0) is 16.1 Å². The molecule has 3 N–H and O–H groups in total. The van der Waals surface area contributed by atoms with Gasteiger partial charge in [0.05, 0.1) is 0 Å². The standard InChI is InChI=1S/C23H30N2O3/c26-22(25-28)9-8-15-4-6-16(7-5-15)14-24-23(27)13-21-18-3-1-2-17-10-20(21)12-19(17)11-18/h4-9,17-21,28H,1-3,10-14H2,(H,24,27)(H,25,26)/b9-8+. The lowest BCUT2D eigenvalue weighted by Crippen LogP contribution is -2.33. The zero-order valence-electron chi connectivity index (χ0n) is 16.3.